The lowest BCUT2D eigenvalue weighted by Gasteiger charge is -2.30. The molecule has 0 saturated carbocycles. The molecule has 1 atom stereocenters. The lowest BCUT2D eigenvalue weighted by atomic mass is 10.2. The quantitative estimate of drug-likeness (QED) is 0.793. The second-order valence-corrected chi connectivity index (χ2v) is 7.61. The summed E-state index contributed by atoms with van der Waals surface area (Å²) >= 11 is 0. The van der Waals surface area contributed by atoms with Crippen LogP contribution < -0.4 is 0 Å². The molecule has 0 N–H and O–H groups in total. The average molecular weight is 390 g/mol. The van der Waals surface area contributed by atoms with Gasteiger partial charge in [0.15, 0.2) is 0 Å². The van der Waals surface area contributed by atoms with Gasteiger partial charge in [-0.1, -0.05) is 0 Å². The van der Waals surface area contributed by atoms with Crippen LogP contribution in [0.25, 0.3) is 0 Å². The van der Waals surface area contributed by atoms with E-state index in [1.54, 1.807) is 20.8 Å². The molecular weight excluding hydrogens is 365 g/mol. The van der Waals surface area contributed by atoms with Crippen LogP contribution in [0.15, 0.2) is 12.4 Å². The number of nitrogens with zero attached hydrogens (tertiary/aromatic N) is 4. The SMILES string of the molecule is CN(Cc1nccn1CC(F)(F)F)C(=O)C1CCCN1C(=O)OC(C)(C)C. The van der Waals surface area contributed by atoms with Gasteiger partial charge in [-0.25, -0.2) is 9.78 Å². The van der Waals surface area contributed by atoms with Crippen molar-refractivity contribution in [3.05, 3.63) is 18.2 Å². The molecule has 1 unspecified atom stereocenters. The highest BCUT2D eigenvalue weighted by atomic mass is 19.4. The summed E-state index contributed by atoms with van der Waals surface area (Å²) in [5, 5.41) is 0. The van der Waals surface area contributed by atoms with Crippen molar-refractivity contribution in [2.75, 3.05) is 13.6 Å². The highest BCUT2D eigenvalue weighted by Crippen LogP contribution is 2.23. The van der Waals surface area contributed by atoms with Crippen LogP contribution in [0.1, 0.15) is 39.4 Å². The van der Waals surface area contributed by atoms with Gasteiger partial charge in [0.25, 0.3) is 0 Å². The predicted octanol–water partition coefficient (Wildman–Crippen LogP) is 2.80. The Morgan fingerprint density at radius 1 is 1.33 bits per heavy atom. The Morgan fingerprint density at radius 2 is 2.00 bits per heavy atom. The molecule has 0 spiro atoms. The van der Waals surface area contributed by atoms with Crippen LogP contribution in [-0.2, 0) is 22.6 Å². The maximum Gasteiger partial charge on any atom is 0.410 e. The highest BCUT2D eigenvalue weighted by molar-refractivity contribution is 5.86. The largest absolute Gasteiger partial charge is 0.444 e. The molecule has 7 nitrogen and oxygen atoms in total. The van der Waals surface area contributed by atoms with Crippen molar-refractivity contribution in [1.29, 1.82) is 0 Å². The number of halogens is 3. The molecule has 2 rings (SSSR count). The smallest absolute Gasteiger partial charge is 0.410 e. The first-order chi connectivity index (χ1) is 12.4. The molecule has 0 aromatic carbocycles. The number of aromatic nitrogens is 2. The molecule has 1 fully saturated rings. The maximum absolute atomic E-state index is 12.8. The molecule has 0 radical (unpaired) electrons. The topological polar surface area (TPSA) is 67.7 Å². The van der Waals surface area contributed by atoms with Gasteiger partial charge in [-0.3, -0.25) is 9.69 Å². The number of imidazole rings is 1. The molecule has 2 amide bonds. The van der Waals surface area contributed by atoms with E-state index in [4.69, 9.17) is 4.74 Å². The highest BCUT2D eigenvalue weighted by Gasteiger charge is 2.38. The number of likely N-dealkylation sites (N-methyl/N-ethyl adjacent to an activating group) is 1. The predicted molar refractivity (Wildman–Crippen MR) is 90.7 cm³/mol. The third-order valence-corrected chi connectivity index (χ3v) is 4.07. The third kappa shape index (κ3) is 5.86. The zero-order valence-electron chi connectivity index (χ0n) is 15.9. The van der Waals surface area contributed by atoms with E-state index < -0.39 is 30.5 Å². The second-order valence-electron chi connectivity index (χ2n) is 7.61. The number of amides is 2. The van der Waals surface area contributed by atoms with Gasteiger partial charge in [-0.15, -0.1) is 0 Å². The molecule has 1 aliphatic heterocycles. The number of hydrogen-bond donors (Lipinski definition) is 0. The van der Waals surface area contributed by atoms with Crippen LogP contribution in [0.5, 0.6) is 0 Å². The summed E-state index contributed by atoms with van der Waals surface area (Å²) in [6.07, 6.45) is -1.31. The molecule has 0 aliphatic carbocycles. The van der Waals surface area contributed by atoms with Gasteiger partial charge < -0.3 is 14.2 Å². The van der Waals surface area contributed by atoms with Gasteiger partial charge in [-0.05, 0) is 33.6 Å². The molecule has 1 aromatic rings. The van der Waals surface area contributed by atoms with Crippen molar-refractivity contribution < 1.29 is 27.5 Å². The fourth-order valence-electron chi connectivity index (χ4n) is 2.94. The van der Waals surface area contributed by atoms with Gasteiger partial charge >= 0.3 is 12.3 Å². The van der Waals surface area contributed by atoms with Crippen molar-refractivity contribution in [2.45, 2.75) is 64.5 Å². The van der Waals surface area contributed by atoms with Crippen molar-refractivity contribution in [1.82, 2.24) is 19.4 Å². The van der Waals surface area contributed by atoms with E-state index in [0.29, 0.717) is 19.4 Å². The molecule has 1 saturated heterocycles. The summed E-state index contributed by atoms with van der Waals surface area (Å²) in [5.74, 6) is -0.218. The normalized spacial score (nSPS) is 17.9. The molecule has 0 bridgehead atoms. The van der Waals surface area contributed by atoms with Gasteiger partial charge in [-0.2, -0.15) is 13.2 Å². The van der Waals surface area contributed by atoms with Crippen LogP contribution in [0.4, 0.5) is 18.0 Å². The first kappa shape index (κ1) is 21.0. The van der Waals surface area contributed by atoms with E-state index in [-0.39, 0.29) is 18.3 Å². The molecule has 1 aromatic heterocycles. The summed E-state index contributed by atoms with van der Waals surface area (Å²) in [5.41, 5.74) is -0.679. The number of likely N-dealkylation sites (tertiary alicyclic amines) is 1. The Kier molecular flexibility index (Phi) is 6.06. The van der Waals surface area contributed by atoms with Crippen LogP contribution in [0, 0.1) is 0 Å². The summed E-state index contributed by atoms with van der Waals surface area (Å²) in [6.45, 7) is 4.37. The Bertz CT molecular complexity index is 682. The molecule has 27 heavy (non-hydrogen) atoms. The number of rotatable bonds is 4. The van der Waals surface area contributed by atoms with Crippen molar-refractivity contribution >= 4 is 12.0 Å². The Labute approximate surface area is 156 Å². The Morgan fingerprint density at radius 3 is 2.59 bits per heavy atom. The monoisotopic (exact) mass is 390 g/mol. The number of hydrogen-bond acceptors (Lipinski definition) is 4. The van der Waals surface area contributed by atoms with Crippen molar-refractivity contribution in [2.24, 2.45) is 0 Å². The Balaban J connectivity index is 2.04. The summed E-state index contributed by atoms with van der Waals surface area (Å²) in [7, 11) is 1.49. The van der Waals surface area contributed by atoms with Gasteiger partial charge in [0, 0.05) is 26.0 Å². The standard InChI is InChI=1S/C17H25F3N4O3/c1-16(2,3)27-15(26)24-8-5-6-12(24)14(25)22(4)10-13-21-7-9-23(13)11-17(18,19)20/h7,9,12H,5-6,8,10-11H2,1-4H3. The lowest BCUT2D eigenvalue weighted by molar-refractivity contribution is -0.141. The van der Waals surface area contributed by atoms with Crippen LogP contribution in [-0.4, -0.2) is 62.8 Å². The maximum atomic E-state index is 12.8. The average Bonchev–Trinajstić information content (AvgIpc) is 3.13. The fourth-order valence-corrected chi connectivity index (χ4v) is 2.94. The first-order valence-corrected chi connectivity index (χ1v) is 8.69. The second kappa shape index (κ2) is 7.77. The third-order valence-electron chi connectivity index (χ3n) is 4.07. The molecule has 10 heteroatoms. The van der Waals surface area contributed by atoms with E-state index in [2.05, 4.69) is 4.98 Å². The van der Waals surface area contributed by atoms with Crippen LogP contribution in [0.2, 0.25) is 0 Å². The number of carbonyl (C=O) groups is 2. The zero-order valence-corrected chi connectivity index (χ0v) is 15.9. The first-order valence-electron chi connectivity index (χ1n) is 8.69. The summed E-state index contributed by atoms with van der Waals surface area (Å²) in [4.78, 5) is 31.7. The minimum Gasteiger partial charge on any atom is -0.444 e. The van der Waals surface area contributed by atoms with E-state index >= 15 is 0 Å². The lowest BCUT2D eigenvalue weighted by Crippen LogP contribution is -2.48. The van der Waals surface area contributed by atoms with E-state index in [1.807, 2.05) is 0 Å². The van der Waals surface area contributed by atoms with Crippen molar-refractivity contribution in [3.8, 4) is 0 Å². The molecule has 152 valence electrons. The zero-order chi connectivity index (χ0) is 20.4. The van der Waals surface area contributed by atoms with Crippen LogP contribution in [0.3, 0.4) is 0 Å². The molecular formula is C17H25F3N4O3. The van der Waals surface area contributed by atoms with E-state index in [9.17, 15) is 22.8 Å². The van der Waals surface area contributed by atoms with Gasteiger partial charge in [0.2, 0.25) is 5.91 Å². The number of alkyl halides is 3. The van der Waals surface area contributed by atoms with E-state index in [1.165, 1.54) is 29.2 Å². The van der Waals surface area contributed by atoms with Crippen LogP contribution >= 0.6 is 0 Å². The molecule has 2 heterocycles. The van der Waals surface area contributed by atoms with Gasteiger partial charge in [0.05, 0.1) is 6.54 Å². The summed E-state index contributed by atoms with van der Waals surface area (Å²) < 4.78 is 44.2. The summed E-state index contributed by atoms with van der Waals surface area (Å²) in [6, 6.07) is -0.684. The van der Waals surface area contributed by atoms with E-state index in [0.717, 1.165) is 4.57 Å². The number of carbonyl (C=O) groups excluding carboxylic acids is 2. The fraction of sp³-hybridized carbons (Fsp3) is 0.706. The van der Waals surface area contributed by atoms with Gasteiger partial charge in [0.1, 0.15) is 24.0 Å². The van der Waals surface area contributed by atoms with Crippen molar-refractivity contribution in [3.63, 3.8) is 0 Å². The number of ether oxygens (including phenoxy) is 1. The molecule has 1 aliphatic rings. The minimum absolute atomic E-state index is 0.0828. The Hall–Kier alpha value is -2.26. The minimum atomic E-state index is -4.38.